The SMILES string of the molecule is CCOP(=O)(OCC)c1ccc([C@H](C#N)NC(C)=O)cc1. The van der Waals surface area contributed by atoms with Crippen LogP contribution < -0.4 is 10.6 Å². The van der Waals surface area contributed by atoms with Crippen LogP contribution in [0.25, 0.3) is 0 Å². The van der Waals surface area contributed by atoms with Crippen molar-refractivity contribution in [3.8, 4) is 6.07 Å². The van der Waals surface area contributed by atoms with Gasteiger partial charge in [-0.3, -0.25) is 9.36 Å². The predicted molar refractivity (Wildman–Crippen MR) is 79.1 cm³/mol. The highest BCUT2D eigenvalue weighted by molar-refractivity contribution is 7.62. The molecule has 1 aromatic rings. The van der Waals surface area contributed by atoms with Gasteiger partial charge >= 0.3 is 7.60 Å². The first-order valence-corrected chi connectivity index (χ1v) is 8.17. The Hall–Kier alpha value is -1.67. The molecule has 6 nitrogen and oxygen atoms in total. The second-order valence-corrected chi connectivity index (χ2v) is 6.21. The van der Waals surface area contributed by atoms with Crippen molar-refractivity contribution >= 4 is 18.8 Å². The van der Waals surface area contributed by atoms with Crippen LogP contribution in [-0.4, -0.2) is 19.1 Å². The summed E-state index contributed by atoms with van der Waals surface area (Å²) in [4.78, 5) is 11.0. The Balaban J connectivity index is 3.02. The third-order valence-corrected chi connectivity index (χ3v) is 4.74. The molecular weight excluding hydrogens is 291 g/mol. The van der Waals surface area contributed by atoms with E-state index in [1.54, 1.807) is 38.1 Å². The largest absolute Gasteiger partial charge is 0.361 e. The maximum absolute atomic E-state index is 12.6. The van der Waals surface area contributed by atoms with Crippen molar-refractivity contribution in [2.45, 2.75) is 26.8 Å². The molecule has 0 heterocycles. The van der Waals surface area contributed by atoms with Crippen LogP contribution >= 0.6 is 7.60 Å². The predicted octanol–water partition coefficient (Wildman–Crippen LogP) is 2.28. The highest BCUT2D eigenvalue weighted by Crippen LogP contribution is 2.46. The van der Waals surface area contributed by atoms with E-state index >= 15 is 0 Å². The van der Waals surface area contributed by atoms with Crippen molar-refractivity contribution in [3.63, 3.8) is 0 Å². The summed E-state index contributed by atoms with van der Waals surface area (Å²) >= 11 is 0. The Morgan fingerprint density at radius 1 is 1.29 bits per heavy atom. The molecule has 1 N–H and O–H groups in total. The summed E-state index contributed by atoms with van der Waals surface area (Å²) in [5.74, 6) is -0.292. The Morgan fingerprint density at radius 2 is 1.81 bits per heavy atom. The molecule has 0 spiro atoms. The number of hydrogen-bond acceptors (Lipinski definition) is 5. The third kappa shape index (κ3) is 4.68. The summed E-state index contributed by atoms with van der Waals surface area (Å²) in [6.45, 7) is 5.36. The average Bonchev–Trinajstić information content (AvgIpc) is 2.45. The zero-order valence-corrected chi connectivity index (χ0v) is 13.2. The highest BCUT2D eigenvalue weighted by Gasteiger charge is 2.26. The van der Waals surface area contributed by atoms with Crippen LogP contribution in [0.3, 0.4) is 0 Å². The van der Waals surface area contributed by atoms with Gasteiger partial charge in [-0.15, -0.1) is 0 Å². The summed E-state index contributed by atoms with van der Waals surface area (Å²) in [6.07, 6.45) is 0. The van der Waals surface area contributed by atoms with Gasteiger partial charge in [0.1, 0.15) is 6.04 Å². The molecular formula is C14H19N2O4P. The fraction of sp³-hybridized carbons (Fsp3) is 0.429. The first-order valence-electron chi connectivity index (χ1n) is 6.63. The molecule has 0 fully saturated rings. The summed E-state index contributed by atoms with van der Waals surface area (Å²) in [7, 11) is -3.33. The maximum atomic E-state index is 12.6. The first kappa shape index (κ1) is 17.4. The van der Waals surface area contributed by atoms with Crippen LogP contribution in [0.5, 0.6) is 0 Å². The molecule has 0 aliphatic carbocycles. The van der Waals surface area contributed by atoms with Crippen molar-refractivity contribution in [1.82, 2.24) is 5.32 Å². The van der Waals surface area contributed by atoms with Crippen LogP contribution in [0.1, 0.15) is 32.4 Å². The molecule has 0 aliphatic heterocycles. The number of carbonyl (C=O) groups excluding carboxylic acids is 1. The lowest BCUT2D eigenvalue weighted by Crippen LogP contribution is -2.25. The minimum Gasteiger partial charge on any atom is -0.337 e. The molecule has 0 saturated heterocycles. The van der Waals surface area contributed by atoms with Gasteiger partial charge in [0.25, 0.3) is 0 Å². The van der Waals surface area contributed by atoms with Gasteiger partial charge in [0, 0.05) is 6.92 Å². The van der Waals surface area contributed by atoms with Crippen molar-refractivity contribution in [1.29, 1.82) is 5.26 Å². The third-order valence-electron chi connectivity index (χ3n) is 2.62. The van der Waals surface area contributed by atoms with Crippen LogP contribution in [0.15, 0.2) is 24.3 Å². The number of carbonyl (C=O) groups is 1. The summed E-state index contributed by atoms with van der Waals surface area (Å²) in [5, 5.41) is 12.0. The van der Waals surface area contributed by atoms with E-state index in [1.165, 1.54) is 6.92 Å². The number of nitrogens with one attached hydrogen (secondary N) is 1. The normalized spacial score (nSPS) is 12.5. The molecule has 1 aromatic carbocycles. The van der Waals surface area contributed by atoms with E-state index in [1.807, 2.05) is 6.07 Å². The minimum atomic E-state index is -3.33. The standard InChI is InChI=1S/C14H19N2O4P/c1-4-19-21(18,20-5-2)13-8-6-12(7-9-13)14(10-15)16-11(3)17/h6-9,14H,4-5H2,1-3H3,(H,16,17)/t14-/m0/s1. The van der Waals surface area contributed by atoms with E-state index in [2.05, 4.69) is 5.32 Å². The molecule has 0 saturated carbocycles. The Morgan fingerprint density at radius 3 is 2.19 bits per heavy atom. The number of benzene rings is 1. The smallest absolute Gasteiger partial charge is 0.337 e. The summed E-state index contributed by atoms with van der Waals surface area (Å²) in [6, 6.07) is 7.69. The van der Waals surface area contributed by atoms with E-state index < -0.39 is 13.6 Å². The summed E-state index contributed by atoms with van der Waals surface area (Å²) < 4.78 is 23.1. The zero-order valence-electron chi connectivity index (χ0n) is 12.3. The topological polar surface area (TPSA) is 88.4 Å². The van der Waals surface area contributed by atoms with Crippen molar-refractivity contribution in [2.24, 2.45) is 0 Å². The molecule has 114 valence electrons. The molecule has 0 radical (unpaired) electrons. The van der Waals surface area contributed by atoms with Gasteiger partial charge in [0.05, 0.1) is 24.6 Å². The second kappa shape index (κ2) is 7.94. The molecule has 0 bridgehead atoms. The number of hydrogen-bond donors (Lipinski definition) is 1. The lowest BCUT2D eigenvalue weighted by atomic mass is 10.1. The molecule has 1 atom stereocenters. The number of nitriles is 1. The second-order valence-electron chi connectivity index (χ2n) is 4.19. The molecule has 0 unspecified atom stereocenters. The van der Waals surface area contributed by atoms with Crippen molar-refractivity contribution < 1.29 is 18.4 Å². The van der Waals surface area contributed by atoms with Gasteiger partial charge in [-0.2, -0.15) is 5.26 Å². The lowest BCUT2D eigenvalue weighted by molar-refractivity contribution is -0.119. The van der Waals surface area contributed by atoms with E-state index in [0.29, 0.717) is 10.9 Å². The Bertz CT molecular complexity index is 555. The van der Waals surface area contributed by atoms with E-state index in [9.17, 15) is 9.36 Å². The molecule has 0 aromatic heterocycles. The monoisotopic (exact) mass is 310 g/mol. The molecule has 21 heavy (non-hydrogen) atoms. The molecule has 7 heteroatoms. The van der Waals surface area contributed by atoms with Crippen LogP contribution in [0.2, 0.25) is 0 Å². The first-order chi connectivity index (χ1) is 9.96. The van der Waals surface area contributed by atoms with Crippen molar-refractivity contribution in [2.75, 3.05) is 13.2 Å². The highest BCUT2D eigenvalue weighted by atomic mass is 31.2. The van der Waals surface area contributed by atoms with Gasteiger partial charge in [-0.1, -0.05) is 12.1 Å². The van der Waals surface area contributed by atoms with E-state index in [4.69, 9.17) is 14.3 Å². The van der Waals surface area contributed by atoms with E-state index in [0.717, 1.165) is 0 Å². The van der Waals surface area contributed by atoms with Gasteiger partial charge in [0.2, 0.25) is 5.91 Å². The number of amides is 1. The lowest BCUT2D eigenvalue weighted by Gasteiger charge is -2.18. The van der Waals surface area contributed by atoms with Gasteiger partial charge < -0.3 is 14.4 Å². The summed E-state index contributed by atoms with van der Waals surface area (Å²) in [5.41, 5.74) is 0.607. The van der Waals surface area contributed by atoms with Crippen LogP contribution in [0.4, 0.5) is 0 Å². The fourth-order valence-electron chi connectivity index (χ4n) is 1.77. The number of rotatable bonds is 7. The molecule has 0 aliphatic rings. The van der Waals surface area contributed by atoms with Crippen LogP contribution in [0, 0.1) is 11.3 Å². The quantitative estimate of drug-likeness (QED) is 0.780. The fourth-order valence-corrected chi connectivity index (χ4v) is 3.34. The number of nitrogens with zero attached hydrogens (tertiary/aromatic N) is 1. The average molecular weight is 310 g/mol. The molecule has 1 rings (SSSR count). The van der Waals surface area contributed by atoms with Crippen molar-refractivity contribution in [3.05, 3.63) is 29.8 Å². The molecule has 1 amide bonds. The minimum absolute atomic E-state index is 0.270. The zero-order chi connectivity index (χ0) is 15.9. The van der Waals surface area contributed by atoms with Crippen LogP contribution in [-0.2, 0) is 18.4 Å². The Kier molecular flexibility index (Phi) is 6.57. The van der Waals surface area contributed by atoms with Gasteiger partial charge in [0.15, 0.2) is 0 Å². The van der Waals surface area contributed by atoms with Gasteiger partial charge in [-0.05, 0) is 31.5 Å². The maximum Gasteiger partial charge on any atom is 0.361 e. The van der Waals surface area contributed by atoms with E-state index in [-0.39, 0.29) is 19.1 Å². The Labute approximate surface area is 124 Å². The van der Waals surface area contributed by atoms with Gasteiger partial charge in [-0.25, -0.2) is 0 Å².